The second-order valence-electron chi connectivity index (χ2n) is 7.68. The van der Waals surface area contributed by atoms with Gasteiger partial charge < -0.3 is 14.5 Å². The van der Waals surface area contributed by atoms with Crippen molar-refractivity contribution in [3.05, 3.63) is 30.2 Å². The molecule has 1 amide bonds. The number of carbonyl (C=O) groups excluding carboxylic acids is 1. The van der Waals surface area contributed by atoms with Crippen LogP contribution in [0.2, 0.25) is 0 Å². The Morgan fingerprint density at radius 2 is 2.04 bits per heavy atom. The van der Waals surface area contributed by atoms with Gasteiger partial charge in [-0.05, 0) is 64.8 Å². The Morgan fingerprint density at radius 1 is 1.32 bits per heavy atom. The Bertz CT molecular complexity index is 679. The topological polar surface area (TPSA) is 67.6 Å². The Labute approximate surface area is 148 Å². The quantitative estimate of drug-likeness (QED) is 0.917. The lowest BCUT2D eigenvalue weighted by Gasteiger charge is -2.31. The van der Waals surface area contributed by atoms with Crippen LogP contribution >= 0.6 is 0 Å². The first-order chi connectivity index (χ1) is 11.9. The predicted molar refractivity (Wildman–Crippen MR) is 96.2 cm³/mol. The lowest BCUT2D eigenvalue weighted by Crippen LogP contribution is -2.40. The largest absolute Gasteiger partial charge is 0.444 e. The summed E-state index contributed by atoms with van der Waals surface area (Å²) in [6, 6.07) is 7.84. The first-order valence-corrected chi connectivity index (χ1v) is 8.93. The minimum absolute atomic E-state index is 0.332. The van der Waals surface area contributed by atoms with Crippen molar-refractivity contribution < 1.29 is 13.9 Å². The number of likely N-dealkylation sites (tertiary alicyclic amines) is 1. The number of amides is 1. The summed E-state index contributed by atoms with van der Waals surface area (Å²) in [5.41, 5.74) is 1.30. The van der Waals surface area contributed by atoms with E-state index in [0.717, 1.165) is 49.5 Å². The molecule has 1 aromatic carbocycles. The van der Waals surface area contributed by atoms with Gasteiger partial charge >= 0.3 is 6.09 Å². The number of hydrogen-bond acceptors (Lipinski definition) is 5. The number of benzene rings is 1. The van der Waals surface area contributed by atoms with Crippen LogP contribution in [0.5, 0.6) is 0 Å². The van der Waals surface area contributed by atoms with Gasteiger partial charge in [0.25, 0.3) is 0 Å². The van der Waals surface area contributed by atoms with E-state index in [1.807, 2.05) is 45.0 Å². The molecule has 6 nitrogen and oxygen atoms in total. The Morgan fingerprint density at radius 3 is 2.72 bits per heavy atom. The first kappa shape index (κ1) is 17.7. The third-order valence-corrected chi connectivity index (χ3v) is 4.34. The average molecular weight is 345 g/mol. The maximum atomic E-state index is 11.7. The SMILES string of the molecule is CC(C)(C)OC(=O)NCC1CCN(Cc2nc3ccccc3o2)CC1. The number of nitrogens with one attached hydrogen (secondary N) is 1. The van der Waals surface area contributed by atoms with Crippen LogP contribution in [0.4, 0.5) is 4.79 Å². The molecule has 0 saturated carbocycles. The zero-order chi connectivity index (χ0) is 17.9. The van der Waals surface area contributed by atoms with Crippen molar-refractivity contribution in [2.45, 2.75) is 45.8 Å². The number of alkyl carbamates (subject to hydrolysis) is 1. The summed E-state index contributed by atoms with van der Waals surface area (Å²) in [7, 11) is 0. The van der Waals surface area contributed by atoms with Crippen molar-refractivity contribution in [1.82, 2.24) is 15.2 Å². The first-order valence-electron chi connectivity index (χ1n) is 8.93. The fourth-order valence-corrected chi connectivity index (χ4v) is 3.07. The second kappa shape index (κ2) is 7.44. The Hall–Kier alpha value is -2.08. The van der Waals surface area contributed by atoms with Crippen molar-refractivity contribution in [3.63, 3.8) is 0 Å². The highest BCUT2D eigenvalue weighted by atomic mass is 16.6. The van der Waals surface area contributed by atoms with Gasteiger partial charge in [0, 0.05) is 6.54 Å². The molecular formula is C19H27N3O3. The average Bonchev–Trinajstić information content (AvgIpc) is 2.95. The van der Waals surface area contributed by atoms with Crippen LogP contribution in [0.3, 0.4) is 0 Å². The molecule has 3 rings (SSSR count). The number of aromatic nitrogens is 1. The molecule has 1 fully saturated rings. The van der Waals surface area contributed by atoms with Crippen LogP contribution in [0.25, 0.3) is 11.1 Å². The van der Waals surface area contributed by atoms with Gasteiger partial charge in [0.15, 0.2) is 5.58 Å². The second-order valence-corrected chi connectivity index (χ2v) is 7.68. The van der Waals surface area contributed by atoms with Crippen molar-refractivity contribution >= 4 is 17.2 Å². The number of carbonyl (C=O) groups is 1. The summed E-state index contributed by atoms with van der Waals surface area (Å²) >= 11 is 0. The van der Waals surface area contributed by atoms with Crippen LogP contribution in [0.1, 0.15) is 39.5 Å². The molecule has 0 spiro atoms. The van der Waals surface area contributed by atoms with E-state index in [1.54, 1.807) is 0 Å². The minimum Gasteiger partial charge on any atom is -0.444 e. The summed E-state index contributed by atoms with van der Waals surface area (Å²) in [6.07, 6.45) is 1.77. The molecule has 1 N–H and O–H groups in total. The summed E-state index contributed by atoms with van der Waals surface area (Å²) in [4.78, 5) is 18.6. The van der Waals surface area contributed by atoms with Gasteiger partial charge in [0.2, 0.25) is 5.89 Å². The predicted octanol–water partition coefficient (Wildman–Crippen LogP) is 3.56. The zero-order valence-electron chi connectivity index (χ0n) is 15.2. The maximum absolute atomic E-state index is 11.7. The number of rotatable bonds is 4. The molecule has 0 bridgehead atoms. The molecule has 1 aliphatic heterocycles. The zero-order valence-corrected chi connectivity index (χ0v) is 15.2. The Balaban J connectivity index is 1.42. The highest BCUT2D eigenvalue weighted by molar-refractivity contribution is 5.72. The van der Waals surface area contributed by atoms with Gasteiger partial charge in [0.05, 0.1) is 6.54 Å². The molecule has 2 heterocycles. The van der Waals surface area contributed by atoms with E-state index in [4.69, 9.17) is 9.15 Å². The summed E-state index contributed by atoms with van der Waals surface area (Å²) in [6.45, 7) is 9.00. The molecule has 6 heteroatoms. The molecule has 2 aromatic rings. The third-order valence-electron chi connectivity index (χ3n) is 4.34. The maximum Gasteiger partial charge on any atom is 0.407 e. The molecule has 0 atom stereocenters. The van der Waals surface area contributed by atoms with Crippen molar-refractivity contribution in [3.8, 4) is 0 Å². The van der Waals surface area contributed by atoms with Gasteiger partial charge in [-0.25, -0.2) is 9.78 Å². The molecule has 1 saturated heterocycles. The fraction of sp³-hybridized carbons (Fsp3) is 0.579. The van der Waals surface area contributed by atoms with Crippen LogP contribution in [0.15, 0.2) is 28.7 Å². The smallest absolute Gasteiger partial charge is 0.407 e. The number of fused-ring (bicyclic) bond motifs is 1. The molecule has 25 heavy (non-hydrogen) atoms. The summed E-state index contributed by atoms with van der Waals surface area (Å²) in [5.74, 6) is 1.26. The normalized spacial score (nSPS) is 16.9. The molecule has 0 aliphatic carbocycles. The van der Waals surface area contributed by atoms with E-state index in [0.29, 0.717) is 12.5 Å². The standard InChI is InChI=1S/C19H27N3O3/c1-19(2,3)25-18(23)20-12-14-8-10-22(11-9-14)13-17-21-15-6-4-5-7-16(15)24-17/h4-7,14H,8-13H2,1-3H3,(H,20,23). The highest BCUT2D eigenvalue weighted by Crippen LogP contribution is 2.20. The number of hydrogen-bond donors (Lipinski definition) is 1. The third kappa shape index (κ3) is 5.19. The van der Waals surface area contributed by atoms with E-state index < -0.39 is 5.60 Å². The molecule has 136 valence electrons. The van der Waals surface area contributed by atoms with E-state index in [2.05, 4.69) is 15.2 Å². The molecule has 1 aromatic heterocycles. The fourth-order valence-electron chi connectivity index (χ4n) is 3.07. The van der Waals surface area contributed by atoms with E-state index in [-0.39, 0.29) is 6.09 Å². The van der Waals surface area contributed by atoms with Gasteiger partial charge in [-0.15, -0.1) is 0 Å². The monoisotopic (exact) mass is 345 g/mol. The molecule has 0 unspecified atom stereocenters. The summed E-state index contributed by atoms with van der Waals surface area (Å²) in [5, 5.41) is 2.88. The summed E-state index contributed by atoms with van der Waals surface area (Å²) < 4.78 is 11.1. The number of nitrogens with zero attached hydrogens (tertiary/aromatic N) is 2. The number of ether oxygens (including phenoxy) is 1. The van der Waals surface area contributed by atoms with Gasteiger partial charge in [-0.2, -0.15) is 0 Å². The number of para-hydroxylation sites is 2. The van der Waals surface area contributed by atoms with E-state index in [9.17, 15) is 4.79 Å². The van der Waals surface area contributed by atoms with Crippen molar-refractivity contribution in [2.75, 3.05) is 19.6 Å². The number of oxazole rings is 1. The molecule has 0 radical (unpaired) electrons. The lowest BCUT2D eigenvalue weighted by atomic mass is 9.97. The van der Waals surface area contributed by atoms with Crippen molar-refractivity contribution in [1.29, 1.82) is 0 Å². The van der Waals surface area contributed by atoms with Crippen molar-refractivity contribution in [2.24, 2.45) is 5.92 Å². The van der Waals surface area contributed by atoms with Crippen LogP contribution in [-0.4, -0.2) is 41.2 Å². The van der Waals surface area contributed by atoms with Crippen LogP contribution < -0.4 is 5.32 Å². The Kier molecular flexibility index (Phi) is 5.27. The van der Waals surface area contributed by atoms with Gasteiger partial charge in [-0.1, -0.05) is 12.1 Å². The van der Waals surface area contributed by atoms with Gasteiger partial charge in [-0.3, -0.25) is 4.90 Å². The molecular weight excluding hydrogens is 318 g/mol. The highest BCUT2D eigenvalue weighted by Gasteiger charge is 2.22. The van der Waals surface area contributed by atoms with Crippen LogP contribution in [0, 0.1) is 5.92 Å². The number of piperidine rings is 1. The van der Waals surface area contributed by atoms with Crippen LogP contribution in [-0.2, 0) is 11.3 Å². The van der Waals surface area contributed by atoms with E-state index in [1.165, 1.54) is 0 Å². The lowest BCUT2D eigenvalue weighted by molar-refractivity contribution is 0.0509. The van der Waals surface area contributed by atoms with Gasteiger partial charge in [0.1, 0.15) is 11.1 Å². The molecule has 1 aliphatic rings. The van der Waals surface area contributed by atoms with E-state index >= 15 is 0 Å². The minimum atomic E-state index is -0.451.